The lowest BCUT2D eigenvalue weighted by Crippen LogP contribution is -2.27. The molecule has 23 heavy (non-hydrogen) atoms. The third-order valence-corrected chi connectivity index (χ3v) is 3.58. The molecule has 0 aliphatic rings. The Kier molecular flexibility index (Phi) is 4.30. The standard InChI is InChI=1S/C17H13ClN4O/c1-22(14-6-3-7-19-10-14)17(23)16-9-15(20-11-21-16)12-4-2-5-13(18)8-12/h2-11H,1H3. The first-order valence-corrected chi connectivity index (χ1v) is 7.29. The molecule has 6 heteroatoms. The molecule has 3 aromatic rings. The molecule has 3 rings (SSSR count). The Morgan fingerprint density at radius 1 is 1.13 bits per heavy atom. The molecule has 0 fully saturated rings. The van der Waals surface area contributed by atoms with Crippen molar-refractivity contribution in [3.05, 3.63) is 71.9 Å². The summed E-state index contributed by atoms with van der Waals surface area (Å²) >= 11 is 6.00. The monoisotopic (exact) mass is 324 g/mol. The van der Waals surface area contributed by atoms with Gasteiger partial charge in [-0.1, -0.05) is 23.7 Å². The first-order valence-electron chi connectivity index (χ1n) is 6.91. The molecule has 1 aromatic carbocycles. The number of carbonyl (C=O) groups is 1. The Morgan fingerprint density at radius 2 is 2.00 bits per heavy atom. The zero-order valence-electron chi connectivity index (χ0n) is 12.3. The highest BCUT2D eigenvalue weighted by Gasteiger charge is 2.16. The molecule has 0 radical (unpaired) electrons. The minimum atomic E-state index is -0.233. The van der Waals surface area contributed by atoms with Crippen LogP contribution in [0.5, 0.6) is 0 Å². The van der Waals surface area contributed by atoms with E-state index in [1.807, 2.05) is 18.2 Å². The number of benzene rings is 1. The second-order valence-corrected chi connectivity index (χ2v) is 5.31. The van der Waals surface area contributed by atoms with Crippen molar-refractivity contribution in [2.75, 3.05) is 11.9 Å². The minimum Gasteiger partial charge on any atom is -0.309 e. The molecule has 0 spiro atoms. The van der Waals surface area contributed by atoms with E-state index in [0.717, 1.165) is 5.56 Å². The van der Waals surface area contributed by atoms with Crippen molar-refractivity contribution in [1.29, 1.82) is 0 Å². The van der Waals surface area contributed by atoms with E-state index >= 15 is 0 Å². The van der Waals surface area contributed by atoms with Gasteiger partial charge in [0.25, 0.3) is 5.91 Å². The molecule has 114 valence electrons. The Morgan fingerprint density at radius 3 is 2.74 bits per heavy atom. The summed E-state index contributed by atoms with van der Waals surface area (Å²) in [6.07, 6.45) is 4.65. The summed E-state index contributed by atoms with van der Waals surface area (Å²) < 4.78 is 0. The van der Waals surface area contributed by atoms with Crippen LogP contribution < -0.4 is 4.90 Å². The van der Waals surface area contributed by atoms with Crippen LogP contribution in [0.2, 0.25) is 5.02 Å². The molecule has 0 unspecified atom stereocenters. The van der Waals surface area contributed by atoms with Crippen LogP contribution in [0.25, 0.3) is 11.3 Å². The summed E-state index contributed by atoms with van der Waals surface area (Å²) in [7, 11) is 1.68. The van der Waals surface area contributed by atoms with Crippen molar-refractivity contribution in [2.24, 2.45) is 0 Å². The van der Waals surface area contributed by atoms with Gasteiger partial charge in [0, 0.05) is 23.8 Å². The average molecular weight is 325 g/mol. The Balaban J connectivity index is 1.92. The maximum Gasteiger partial charge on any atom is 0.276 e. The van der Waals surface area contributed by atoms with Gasteiger partial charge >= 0.3 is 0 Å². The zero-order valence-corrected chi connectivity index (χ0v) is 13.1. The number of hydrogen-bond donors (Lipinski definition) is 0. The number of amides is 1. The van der Waals surface area contributed by atoms with Gasteiger partial charge < -0.3 is 4.90 Å². The van der Waals surface area contributed by atoms with E-state index in [0.29, 0.717) is 22.1 Å². The molecular weight excluding hydrogens is 312 g/mol. The first kappa shape index (κ1) is 15.1. The van der Waals surface area contributed by atoms with Crippen LogP contribution in [-0.4, -0.2) is 27.9 Å². The molecule has 0 aliphatic carbocycles. The maximum absolute atomic E-state index is 12.6. The fourth-order valence-electron chi connectivity index (χ4n) is 2.12. The summed E-state index contributed by atoms with van der Waals surface area (Å²) in [6.45, 7) is 0. The van der Waals surface area contributed by atoms with Gasteiger partial charge in [-0.3, -0.25) is 9.78 Å². The number of nitrogens with zero attached hydrogens (tertiary/aromatic N) is 4. The summed E-state index contributed by atoms with van der Waals surface area (Å²) in [5, 5.41) is 0.612. The predicted molar refractivity (Wildman–Crippen MR) is 89.4 cm³/mol. The number of aromatic nitrogens is 3. The third-order valence-electron chi connectivity index (χ3n) is 3.34. The number of hydrogen-bond acceptors (Lipinski definition) is 4. The Hall–Kier alpha value is -2.79. The van der Waals surface area contributed by atoms with Crippen molar-refractivity contribution in [3.63, 3.8) is 0 Å². The highest BCUT2D eigenvalue weighted by atomic mass is 35.5. The van der Waals surface area contributed by atoms with Gasteiger partial charge in [-0.25, -0.2) is 9.97 Å². The van der Waals surface area contributed by atoms with E-state index in [2.05, 4.69) is 15.0 Å². The van der Waals surface area contributed by atoms with E-state index in [-0.39, 0.29) is 5.91 Å². The quantitative estimate of drug-likeness (QED) is 0.740. The topological polar surface area (TPSA) is 59.0 Å². The first-order chi connectivity index (χ1) is 11.1. The van der Waals surface area contributed by atoms with Crippen molar-refractivity contribution in [3.8, 4) is 11.3 Å². The van der Waals surface area contributed by atoms with Crippen molar-refractivity contribution in [1.82, 2.24) is 15.0 Å². The summed E-state index contributed by atoms with van der Waals surface area (Å²) in [6, 6.07) is 12.5. The third kappa shape index (κ3) is 3.35. The van der Waals surface area contributed by atoms with Gasteiger partial charge in [-0.15, -0.1) is 0 Å². The van der Waals surface area contributed by atoms with Crippen LogP contribution >= 0.6 is 11.6 Å². The van der Waals surface area contributed by atoms with Crippen LogP contribution in [0, 0.1) is 0 Å². The normalized spacial score (nSPS) is 10.3. The lowest BCUT2D eigenvalue weighted by atomic mass is 10.1. The van der Waals surface area contributed by atoms with Gasteiger partial charge in [-0.2, -0.15) is 0 Å². The van der Waals surface area contributed by atoms with Crippen LogP contribution in [-0.2, 0) is 0 Å². The fourth-order valence-corrected chi connectivity index (χ4v) is 2.31. The van der Waals surface area contributed by atoms with E-state index in [1.54, 1.807) is 43.7 Å². The maximum atomic E-state index is 12.6. The number of anilines is 1. The van der Waals surface area contributed by atoms with Gasteiger partial charge in [0.15, 0.2) is 0 Å². The van der Waals surface area contributed by atoms with Crippen molar-refractivity contribution in [2.45, 2.75) is 0 Å². The van der Waals surface area contributed by atoms with E-state index in [1.165, 1.54) is 11.2 Å². The minimum absolute atomic E-state index is 0.233. The highest BCUT2D eigenvalue weighted by Crippen LogP contribution is 2.21. The van der Waals surface area contributed by atoms with Crippen molar-refractivity contribution >= 4 is 23.2 Å². The number of halogens is 1. The van der Waals surface area contributed by atoms with Crippen LogP contribution in [0.3, 0.4) is 0 Å². The van der Waals surface area contributed by atoms with Crippen LogP contribution in [0.1, 0.15) is 10.5 Å². The van der Waals surface area contributed by atoms with Gasteiger partial charge in [0.1, 0.15) is 12.0 Å². The Bertz CT molecular complexity index is 839. The summed E-state index contributed by atoms with van der Waals surface area (Å²) in [4.78, 5) is 26.4. The summed E-state index contributed by atoms with van der Waals surface area (Å²) in [5.41, 5.74) is 2.48. The van der Waals surface area contributed by atoms with Gasteiger partial charge in [-0.05, 0) is 30.3 Å². The molecule has 1 amide bonds. The highest BCUT2D eigenvalue weighted by molar-refractivity contribution is 6.30. The molecule has 0 atom stereocenters. The summed E-state index contributed by atoms with van der Waals surface area (Å²) in [5.74, 6) is -0.233. The van der Waals surface area contributed by atoms with Gasteiger partial charge in [0.2, 0.25) is 0 Å². The number of rotatable bonds is 3. The number of carbonyl (C=O) groups excluding carboxylic acids is 1. The second-order valence-electron chi connectivity index (χ2n) is 4.87. The molecule has 0 bridgehead atoms. The fraction of sp³-hybridized carbons (Fsp3) is 0.0588. The molecule has 2 aromatic heterocycles. The largest absolute Gasteiger partial charge is 0.309 e. The zero-order chi connectivity index (χ0) is 16.2. The second kappa shape index (κ2) is 6.54. The predicted octanol–water partition coefficient (Wildman–Crippen LogP) is 3.47. The van der Waals surface area contributed by atoms with E-state index in [4.69, 9.17) is 11.6 Å². The smallest absolute Gasteiger partial charge is 0.276 e. The van der Waals surface area contributed by atoms with Gasteiger partial charge in [0.05, 0.1) is 17.6 Å². The molecule has 0 saturated carbocycles. The van der Waals surface area contributed by atoms with Crippen LogP contribution in [0.4, 0.5) is 5.69 Å². The van der Waals surface area contributed by atoms with E-state index < -0.39 is 0 Å². The Labute approximate surface area is 138 Å². The molecule has 0 N–H and O–H groups in total. The molecule has 2 heterocycles. The molecule has 0 saturated heterocycles. The molecule has 5 nitrogen and oxygen atoms in total. The van der Waals surface area contributed by atoms with E-state index in [9.17, 15) is 4.79 Å². The lowest BCUT2D eigenvalue weighted by molar-refractivity contribution is 0.0988. The van der Waals surface area contributed by atoms with Crippen molar-refractivity contribution < 1.29 is 4.79 Å². The molecular formula is C17H13ClN4O. The lowest BCUT2D eigenvalue weighted by Gasteiger charge is -2.16. The average Bonchev–Trinajstić information content (AvgIpc) is 2.61. The number of pyridine rings is 1. The molecule has 0 aliphatic heterocycles. The van der Waals surface area contributed by atoms with Crippen LogP contribution in [0.15, 0.2) is 61.2 Å². The SMILES string of the molecule is CN(C(=O)c1cc(-c2cccc(Cl)c2)ncn1)c1cccnc1.